The van der Waals surface area contributed by atoms with E-state index in [1.54, 1.807) is 0 Å². The van der Waals surface area contributed by atoms with Gasteiger partial charge in [-0.3, -0.25) is 0 Å². The fourth-order valence-corrected chi connectivity index (χ4v) is 2.53. The topological polar surface area (TPSA) is 0 Å². The second-order valence-corrected chi connectivity index (χ2v) is 6.49. The minimum Gasteiger partial charge on any atom is -0.161 e. The molecule has 0 amide bonds. The van der Waals surface area contributed by atoms with Gasteiger partial charge in [-0.05, 0) is 23.3 Å². The lowest BCUT2D eigenvalue weighted by atomic mass is 10.0. The van der Waals surface area contributed by atoms with Gasteiger partial charge in [-0.25, -0.2) is 0 Å². The largest absolute Gasteiger partial charge is 0.161 e. The van der Waals surface area contributed by atoms with E-state index in [-0.39, 0.29) is 0 Å². The van der Waals surface area contributed by atoms with Crippen molar-refractivity contribution in [1.82, 2.24) is 0 Å². The Hall–Kier alpha value is 0.350. The molecule has 0 aromatic heterocycles. The molecule has 0 fully saturated rings. The second kappa shape index (κ2) is 8.64. The van der Waals surface area contributed by atoms with Crippen molar-refractivity contribution in [2.24, 2.45) is 5.41 Å². The van der Waals surface area contributed by atoms with Crippen LogP contribution in [-0.2, 0) is 0 Å². The maximum absolute atomic E-state index is 2.32. The fourth-order valence-electron chi connectivity index (χ4n) is 1.36. The van der Waals surface area contributed by atoms with Gasteiger partial charge in [-0.2, -0.15) is 11.8 Å². The molecule has 0 aliphatic carbocycles. The molecule has 0 aliphatic rings. The molecule has 0 saturated heterocycles. The fraction of sp³-hybridized carbons (Fsp3) is 1.00. The Balaban J connectivity index is 2.99. The van der Waals surface area contributed by atoms with Gasteiger partial charge in [0.05, 0.1) is 0 Å². The van der Waals surface area contributed by atoms with E-state index >= 15 is 0 Å². The van der Waals surface area contributed by atoms with E-state index in [1.807, 2.05) is 0 Å². The van der Waals surface area contributed by atoms with Gasteiger partial charge in [0.1, 0.15) is 0 Å². The molecule has 0 aliphatic heterocycles. The van der Waals surface area contributed by atoms with Gasteiger partial charge in [0.15, 0.2) is 0 Å². The third-order valence-corrected chi connectivity index (χ3v) is 3.82. The summed E-state index contributed by atoms with van der Waals surface area (Å²) in [4.78, 5) is 0. The molecular weight excluding hydrogens is 188 g/mol. The molecular formula is C13H28S. The maximum atomic E-state index is 2.32. The molecule has 0 heterocycles. The molecule has 1 heteroatoms. The molecule has 0 N–H and O–H groups in total. The quantitative estimate of drug-likeness (QED) is 0.507. The number of thioether (sulfide) groups is 1. The minimum absolute atomic E-state index is 0.507. The predicted octanol–water partition coefficient (Wildman–Crippen LogP) is 5.13. The monoisotopic (exact) mass is 216 g/mol. The third kappa shape index (κ3) is 12.3. The summed E-state index contributed by atoms with van der Waals surface area (Å²) in [5, 5.41) is 0. The van der Waals surface area contributed by atoms with Crippen LogP contribution >= 0.6 is 11.8 Å². The van der Waals surface area contributed by atoms with Crippen LogP contribution in [0.15, 0.2) is 0 Å². The van der Waals surface area contributed by atoms with Crippen LogP contribution in [0.5, 0.6) is 0 Å². The Bertz CT molecular complexity index is 113. The maximum Gasteiger partial charge on any atom is -0.00187 e. The first-order valence-electron chi connectivity index (χ1n) is 6.14. The van der Waals surface area contributed by atoms with Crippen molar-refractivity contribution < 1.29 is 0 Å². The molecule has 0 spiro atoms. The first-order chi connectivity index (χ1) is 6.56. The molecule has 0 atom stereocenters. The molecule has 0 aromatic rings. The Morgan fingerprint density at radius 1 is 0.857 bits per heavy atom. The highest BCUT2D eigenvalue weighted by atomic mass is 32.2. The smallest absolute Gasteiger partial charge is 0.00187 e. The number of rotatable bonds is 8. The van der Waals surface area contributed by atoms with Crippen molar-refractivity contribution in [3.63, 3.8) is 0 Å². The SMILES string of the molecule is CCCCCCCCSCC(C)(C)C. The van der Waals surface area contributed by atoms with Crippen molar-refractivity contribution in [1.29, 1.82) is 0 Å². The Morgan fingerprint density at radius 2 is 1.43 bits per heavy atom. The average molecular weight is 216 g/mol. The van der Waals surface area contributed by atoms with Gasteiger partial charge in [-0.1, -0.05) is 59.8 Å². The number of unbranched alkanes of at least 4 members (excludes halogenated alkanes) is 5. The molecule has 0 radical (unpaired) electrons. The van der Waals surface area contributed by atoms with Crippen LogP contribution in [0.2, 0.25) is 0 Å². The van der Waals surface area contributed by atoms with Gasteiger partial charge < -0.3 is 0 Å². The molecule has 0 aromatic carbocycles. The Labute approximate surface area is 95.2 Å². The van der Waals surface area contributed by atoms with Crippen molar-refractivity contribution in [2.75, 3.05) is 11.5 Å². The highest BCUT2D eigenvalue weighted by Gasteiger charge is 2.08. The third-order valence-electron chi connectivity index (χ3n) is 2.18. The zero-order valence-corrected chi connectivity index (χ0v) is 11.4. The van der Waals surface area contributed by atoms with E-state index in [1.165, 1.54) is 50.0 Å². The van der Waals surface area contributed by atoms with E-state index in [4.69, 9.17) is 0 Å². The first kappa shape index (κ1) is 14.3. The van der Waals surface area contributed by atoms with Gasteiger partial charge in [0.2, 0.25) is 0 Å². The zero-order chi connectivity index (χ0) is 10.9. The lowest BCUT2D eigenvalue weighted by Gasteiger charge is -2.16. The van der Waals surface area contributed by atoms with E-state index in [0.29, 0.717) is 5.41 Å². The highest BCUT2D eigenvalue weighted by molar-refractivity contribution is 7.99. The summed E-state index contributed by atoms with van der Waals surface area (Å²) < 4.78 is 0. The summed E-state index contributed by atoms with van der Waals surface area (Å²) in [5.74, 6) is 2.67. The van der Waals surface area contributed by atoms with Crippen LogP contribution in [0.25, 0.3) is 0 Å². The average Bonchev–Trinajstić information content (AvgIpc) is 2.08. The zero-order valence-electron chi connectivity index (χ0n) is 10.6. The van der Waals surface area contributed by atoms with Crippen LogP contribution in [0.3, 0.4) is 0 Å². The number of hydrogen-bond acceptors (Lipinski definition) is 1. The minimum atomic E-state index is 0.507. The standard InChI is InChI=1S/C13H28S/c1-5-6-7-8-9-10-11-14-12-13(2,3)4/h5-12H2,1-4H3. The lowest BCUT2D eigenvalue weighted by Crippen LogP contribution is -2.08. The summed E-state index contributed by atoms with van der Waals surface area (Å²) in [6.07, 6.45) is 8.54. The predicted molar refractivity (Wildman–Crippen MR) is 70.2 cm³/mol. The van der Waals surface area contributed by atoms with Crippen LogP contribution < -0.4 is 0 Å². The molecule has 0 unspecified atom stereocenters. The summed E-state index contributed by atoms with van der Waals surface area (Å²) in [6, 6.07) is 0. The Kier molecular flexibility index (Phi) is 8.86. The van der Waals surface area contributed by atoms with Crippen LogP contribution in [0, 0.1) is 5.41 Å². The van der Waals surface area contributed by atoms with Crippen molar-refractivity contribution in [3.05, 3.63) is 0 Å². The molecule has 0 saturated carbocycles. The normalized spacial score (nSPS) is 12.0. The van der Waals surface area contributed by atoms with Gasteiger partial charge in [0, 0.05) is 0 Å². The molecule has 14 heavy (non-hydrogen) atoms. The summed E-state index contributed by atoms with van der Waals surface area (Å²) in [6.45, 7) is 9.24. The van der Waals surface area contributed by atoms with E-state index in [2.05, 4.69) is 39.5 Å². The highest BCUT2D eigenvalue weighted by Crippen LogP contribution is 2.21. The van der Waals surface area contributed by atoms with Gasteiger partial charge in [-0.15, -0.1) is 0 Å². The van der Waals surface area contributed by atoms with E-state index in [0.717, 1.165) is 0 Å². The molecule has 86 valence electrons. The van der Waals surface area contributed by atoms with E-state index < -0.39 is 0 Å². The lowest BCUT2D eigenvalue weighted by molar-refractivity contribution is 0.480. The molecule has 0 nitrogen and oxygen atoms in total. The molecule has 0 bridgehead atoms. The second-order valence-electron chi connectivity index (χ2n) is 5.38. The van der Waals surface area contributed by atoms with Gasteiger partial charge in [0.25, 0.3) is 0 Å². The van der Waals surface area contributed by atoms with Crippen molar-refractivity contribution >= 4 is 11.8 Å². The number of hydrogen-bond donors (Lipinski definition) is 0. The van der Waals surface area contributed by atoms with Crippen molar-refractivity contribution in [3.8, 4) is 0 Å². The summed E-state index contributed by atoms with van der Waals surface area (Å²) >= 11 is 2.12. The van der Waals surface area contributed by atoms with Crippen LogP contribution in [-0.4, -0.2) is 11.5 Å². The van der Waals surface area contributed by atoms with Gasteiger partial charge >= 0.3 is 0 Å². The summed E-state index contributed by atoms with van der Waals surface area (Å²) in [5.41, 5.74) is 0.507. The Morgan fingerprint density at radius 3 is 2.00 bits per heavy atom. The van der Waals surface area contributed by atoms with Crippen LogP contribution in [0.4, 0.5) is 0 Å². The van der Waals surface area contributed by atoms with Crippen molar-refractivity contribution in [2.45, 2.75) is 66.2 Å². The molecule has 0 rings (SSSR count). The summed E-state index contributed by atoms with van der Waals surface area (Å²) in [7, 11) is 0. The first-order valence-corrected chi connectivity index (χ1v) is 7.29. The van der Waals surface area contributed by atoms with E-state index in [9.17, 15) is 0 Å². The van der Waals surface area contributed by atoms with Crippen LogP contribution in [0.1, 0.15) is 66.2 Å².